The molecule has 0 fully saturated rings. The summed E-state index contributed by atoms with van der Waals surface area (Å²) in [6.45, 7) is 0.144. The number of nitro benzene ring substituents is 1. The quantitative estimate of drug-likeness (QED) is 0.195. The Kier molecular flexibility index (Phi) is 6.20. The average molecular weight is 470 g/mol. The van der Waals surface area contributed by atoms with Gasteiger partial charge in [0.1, 0.15) is 17.0 Å². The van der Waals surface area contributed by atoms with Crippen LogP contribution in [0.15, 0.2) is 65.3 Å². The van der Waals surface area contributed by atoms with Crippen molar-refractivity contribution in [2.24, 2.45) is 0 Å². The van der Waals surface area contributed by atoms with E-state index in [0.717, 1.165) is 0 Å². The molecule has 0 saturated carbocycles. The van der Waals surface area contributed by atoms with Gasteiger partial charge in [0.15, 0.2) is 5.13 Å². The van der Waals surface area contributed by atoms with E-state index in [0.29, 0.717) is 37.4 Å². The summed E-state index contributed by atoms with van der Waals surface area (Å²) in [4.78, 5) is 29.7. The number of halogens is 1. The molecule has 2 aromatic carbocycles. The van der Waals surface area contributed by atoms with Crippen LogP contribution in [0.2, 0.25) is 5.02 Å². The first-order valence-corrected chi connectivity index (χ1v) is 10.5. The van der Waals surface area contributed by atoms with Crippen LogP contribution in [0, 0.1) is 10.1 Å². The van der Waals surface area contributed by atoms with Crippen LogP contribution in [0.4, 0.5) is 10.8 Å². The number of hydrogen-bond acceptors (Lipinski definition) is 7. The van der Waals surface area contributed by atoms with E-state index < -0.39 is 4.92 Å². The zero-order valence-corrected chi connectivity index (χ0v) is 18.3. The van der Waals surface area contributed by atoms with Crippen molar-refractivity contribution in [3.8, 4) is 5.75 Å². The first-order valence-electron chi connectivity index (χ1n) is 9.35. The SMILES string of the molecule is COc1ccc(Cl)c2sc(N(Cc3ccco3)C(=O)/C=C/c3cccc([N+](=O)[O-])c3)nc12. The molecule has 0 aliphatic heterocycles. The van der Waals surface area contributed by atoms with Crippen molar-refractivity contribution in [1.82, 2.24) is 4.98 Å². The van der Waals surface area contributed by atoms with Crippen molar-refractivity contribution in [3.63, 3.8) is 0 Å². The van der Waals surface area contributed by atoms with Gasteiger partial charge in [-0.3, -0.25) is 19.8 Å². The average Bonchev–Trinajstić information content (AvgIpc) is 3.47. The summed E-state index contributed by atoms with van der Waals surface area (Å²) in [5.74, 6) is 0.742. The molecule has 0 aliphatic carbocycles. The van der Waals surface area contributed by atoms with Crippen molar-refractivity contribution in [2.45, 2.75) is 6.54 Å². The second kappa shape index (κ2) is 9.21. The molecule has 4 rings (SSSR count). The highest BCUT2D eigenvalue weighted by Crippen LogP contribution is 2.39. The fourth-order valence-electron chi connectivity index (χ4n) is 3.02. The van der Waals surface area contributed by atoms with Crippen molar-refractivity contribution in [3.05, 3.63) is 87.3 Å². The van der Waals surface area contributed by atoms with Crippen LogP contribution in [0.25, 0.3) is 16.3 Å². The molecule has 10 heteroatoms. The number of hydrogen-bond donors (Lipinski definition) is 0. The second-order valence-electron chi connectivity index (χ2n) is 6.61. The minimum atomic E-state index is -0.485. The van der Waals surface area contributed by atoms with E-state index in [1.165, 1.54) is 53.9 Å². The molecular weight excluding hydrogens is 454 g/mol. The van der Waals surface area contributed by atoms with Gasteiger partial charge in [0.05, 0.1) is 34.6 Å². The van der Waals surface area contributed by atoms with E-state index in [2.05, 4.69) is 4.98 Å². The molecule has 0 N–H and O–H groups in total. The van der Waals surface area contributed by atoms with Gasteiger partial charge in [-0.05, 0) is 35.9 Å². The summed E-state index contributed by atoms with van der Waals surface area (Å²) in [6.07, 6.45) is 4.38. The van der Waals surface area contributed by atoms with Crippen LogP contribution < -0.4 is 9.64 Å². The molecule has 0 unspecified atom stereocenters. The Hall–Kier alpha value is -3.69. The van der Waals surface area contributed by atoms with E-state index in [4.69, 9.17) is 20.8 Å². The third-order valence-electron chi connectivity index (χ3n) is 4.56. The van der Waals surface area contributed by atoms with Gasteiger partial charge >= 0.3 is 0 Å². The molecule has 4 aromatic rings. The lowest BCUT2D eigenvalue weighted by Gasteiger charge is -2.16. The van der Waals surface area contributed by atoms with Crippen molar-refractivity contribution >= 4 is 56.0 Å². The van der Waals surface area contributed by atoms with Crippen molar-refractivity contribution in [2.75, 3.05) is 12.0 Å². The summed E-state index contributed by atoms with van der Waals surface area (Å²) in [5.41, 5.74) is 1.03. The molecule has 2 aromatic heterocycles. The Labute approximate surface area is 191 Å². The van der Waals surface area contributed by atoms with Gasteiger partial charge in [0, 0.05) is 18.2 Å². The molecule has 1 amide bonds. The van der Waals surface area contributed by atoms with Gasteiger partial charge in [-0.25, -0.2) is 4.98 Å². The van der Waals surface area contributed by atoms with Gasteiger partial charge in [-0.15, -0.1) is 0 Å². The number of rotatable bonds is 7. The molecule has 32 heavy (non-hydrogen) atoms. The highest BCUT2D eigenvalue weighted by atomic mass is 35.5. The van der Waals surface area contributed by atoms with Crippen LogP contribution in [0.5, 0.6) is 5.75 Å². The number of nitrogens with zero attached hydrogens (tertiary/aromatic N) is 3. The number of methoxy groups -OCH3 is 1. The Bertz CT molecular complexity index is 1320. The summed E-state index contributed by atoms with van der Waals surface area (Å²) in [5, 5.41) is 11.9. The van der Waals surface area contributed by atoms with Crippen molar-refractivity contribution < 1.29 is 18.9 Å². The Balaban J connectivity index is 1.70. The largest absolute Gasteiger partial charge is 0.494 e. The van der Waals surface area contributed by atoms with Gasteiger partial charge in [-0.1, -0.05) is 35.1 Å². The maximum Gasteiger partial charge on any atom is 0.270 e. The fourth-order valence-corrected chi connectivity index (χ4v) is 4.28. The minimum Gasteiger partial charge on any atom is -0.494 e. The monoisotopic (exact) mass is 469 g/mol. The molecule has 0 saturated heterocycles. The first kappa shape index (κ1) is 21.5. The third-order valence-corrected chi connectivity index (χ3v) is 6.10. The topological polar surface area (TPSA) is 98.7 Å². The first-order chi connectivity index (χ1) is 15.5. The summed E-state index contributed by atoms with van der Waals surface area (Å²) in [7, 11) is 1.54. The van der Waals surface area contributed by atoms with Crippen LogP contribution in [-0.2, 0) is 11.3 Å². The number of anilines is 1. The Morgan fingerprint density at radius 3 is 2.88 bits per heavy atom. The van der Waals surface area contributed by atoms with Crippen LogP contribution in [0.3, 0.4) is 0 Å². The van der Waals surface area contributed by atoms with Gasteiger partial charge in [0.2, 0.25) is 0 Å². The maximum atomic E-state index is 13.1. The lowest BCUT2D eigenvalue weighted by molar-refractivity contribution is -0.384. The molecule has 162 valence electrons. The molecule has 2 heterocycles. The number of carbonyl (C=O) groups excluding carboxylic acids is 1. The Morgan fingerprint density at radius 2 is 2.16 bits per heavy atom. The normalized spacial score (nSPS) is 11.2. The number of fused-ring (bicyclic) bond motifs is 1. The number of benzene rings is 2. The predicted molar refractivity (Wildman–Crippen MR) is 123 cm³/mol. The molecular formula is C22H16ClN3O5S. The standard InChI is InChI=1S/C22H16ClN3O5S/c1-30-18-9-8-17(23)21-20(18)24-22(32-21)25(13-16-6-3-11-31-16)19(27)10-7-14-4-2-5-15(12-14)26(28)29/h2-12H,13H2,1H3/b10-7+. The van der Waals surface area contributed by atoms with Gasteiger partial charge < -0.3 is 9.15 Å². The number of thiazole rings is 1. The van der Waals surface area contributed by atoms with Crippen LogP contribution in [0.1, 0.15) is 11.3 Å². The second-order valence-corrected chi connectivity index (χ2v) is 8.00. The number of non-ortho nitro benzene ring substituents is 1. The predicted octanol–water partition coefficient (Wildman–Crippen LogP) is 5.71. The molecule has 0 radical (unpaired) electrons. The number of amides is 1. The smallest absolute Gasteiger partial charge is 0.270 e. The molecule has 0 atom stereocenters. The zero-order chi connectivity index (χ0) is 22.7. The number of nitro groups is 1. The molecule has 0 spiro atoms. The fraction of sp³-hybridized carbons (Fsp3) is 0.0909. The van der Waals surface area contributed by atoms with E-state index >= 15 is 0 Å². The van der Waals surface area contributed by atoms with Gasteiger partial charge in [-0.2, -0.15) is 0 Å². The molecule has 0 bridgehead atoms. The number of furan rings is 1. The van der Waals surface area contributed by atoms with Crippen LogP contribution in [-0.4, -0.2) is 22.9 Å². The maximum absolute atomic E-state index is 13.1. The van der Waals surface area contributed by atoms with Crippen molar-refractivity contribution in [1.29, 1.82) is 0 Å². The third kappa shape index (κ3) is 4.48. The Morgan fingerprint density at radius 1 is 1.31 bits per heavy atom. The molecule has 0 aliphatic rings. The summed E-state index contributed by atoms with van der Waals surface area (Å²) in [6, 6.07) is 12.9. The molecule has 8 nitrogen and oxygen atoms in total. The number of aromatic nitrogens is 1. The number of ether oxygens (including phenoxy) is 1. The lowest BCUT2D eigenvalue weighted by atomic mass is 10.2. The van der Waals surface area contributed by atoms with Gasteiger partial charge in [0.25, 0.3) is 11.6 Å². The number of carbonyl (C=O) groups is 1. The summed E-state index contributed by atoms with van der Waals surface area (Å²) >= 11 is 7.59. The van der Waals surface area contributed by atoms with E-state index in [9.17, 15) is 14.9 Å². The minimum absolute atomic E-state index is 0.0556. The lowest BCUT2D eigenvalue weighted by Crippen LogP contribution is -2.28. The summed E-state index contributed by atoms with van der Waals surface area (Å²) < 4.78 is 11.5. The highest BCUT2D eigenvalue weighted by Gasteiger charge is 2.22. The zero-order valence-electron chi connectivity index (χ0n) is 16.7. The highest BCUT2D eigenvalue weighted by molar-refractivity contribution is 7.23. The van der Waals surface area contributed by atoms with Crippen LogP contribution >= 0.6 is 22.9 Å². The van der Waals surface area contributed by atoms with E-state index in [1.54, 1.807) is 36.4 Å². The van der Waals surface area contributed by atoms with E-state index in [1.807, 2.05) is 0 Å². The van der Waals surface area contributed by atoms with E-state index in [-0.39, 0.29) is 18.1 Å².